The van der Waals surface area contributed by atoms with Crippen LogP contribution < -0.4 is 19.7 Å². The smallest absolute Gasteiger partial charge is 0.325 e. The predicted octanol–water partition coefficient (Wildman–Crippen LogP) is 1.20. The molecular weight excluding hydrogens is 326 g/mol. The van der Waals surface area contributed by atoms with Crippen LogP contribution in [0.4, 0.5) is 10.5 Å². The highest BCUT2D eigenvalue weighted by molar-refractivity contribution is 5.96. The summed E-state index contributed by atoms with van der Waals surface area (Å²) in [6, 6.07) is 5.22. The summed E-state index contributed by atoms with van der Waals surface area (Å²) in [5.41, 5.74) is 0.744. The van der Waals surface area contributed by atoms with E-state index in [-0.39, 0.29) is 25.3 Å². The van der Waals surface area contributed by atoms with E-state index in [4.69, 9.17) is 14.2 Å². The van der Waals surface area contributed by atoms with E-state index in [2.05, 4.69) is 5.32 Å². The van der Waals surface area contributed by atoms with Crippen LogP contribution in [0, 0.1) is 0 Å². The number of rotatable bonds is 8. The van der Waals surface area contributed by atoms with Crippen molar-refractivity contribution >= 4 is 17.6 Å². The lowest BCUT2D eigenvalue weighted by Crippen LogP contribution is -2.40. The Morgan fingerprint density at radius 2 is 2.12 bits per heavy atom. The number of benzene rings is 1. The van der Waals surface area contributed by atoms with Crippen LogP contribution in [-0.2, 0) is 9.53 Å². The highest BCUT2D eigenvalue weighted by Crippen LogP contribution is 2.36. The SMILES string of the molecule is CCOCCCNC(=O)CN1CCN(c2ccc3c(c2)OCO3)C1=O. The summed E-state index contributed by atoms with van der Waals surface area (Å²) in [5.74, 6) is 1.16. The van der Waals surface area contributed by atoms with Crippen molar-refractivity contribution in [3.05, 3.63) is 18.2 Å². The highest BCUT2D eigenvalue weighted by Gasteiger charge is 2.31. The zero-order valence-electron chi connectivity index (χ0n) is 14.3. The van der Waals surface area contributed by atoms with Crippen LogP contribution in [0.5, 0.6) is 11.5 Å². The minimum atomic E-state index is -0.177. The van der Waals surface area contributed by atoms with Crippen molar-refractivity contribution in [3.63, 3.8) is 0 Å². The third kappa shape index (κ3) is 4.14. The van der Waals surface area contributed by atoms with Crippen LogP contribution in [0.1, 0.15) is 13.3 Å². The Balaban J connectivity index is 1.49. The number of carbonyl (C=O) groups is 2. The first-order valence-electron chi connectivity index (χ1n) is 8.49. The number of hydrogen-bond donors (Lipinski definition) is 1. The van der Waals surface area contributed by atoms with Gasteiger partial charge in [-0.2, -0.15) is 0 Å². The molecule has 1 aromatic carbocycles. The van der Waals surface area contributed by atoms with Crippen LogP contribution >= 0.6 is 0 Å². The van der Waals surface area contributed by atoms with Crippen molar-refractivity contribution in [1.82, 2.24) is 10.2 Å². The molecule has 25 heavy (non-hydrogen) atoms. The van der Waals surface area contributed by atoms with Gasteiger partial charge in [-0.15, -0.1) is 0 Å². The summed E-state index contributed by atoms with van der Waals surface area (Å²) >= 11 is 0. The first-order chi connectivity index (χ1) is 12.2. The van der Waals surface area contributed by atoms with Gasteiger partial charge in [0.25, 0.3) is 0 Å². The van der Waals surface area contributed by atoms with E-state index in [1.807, 2.05) is 13.0 Å². The Labute approximate surface area is 146 Å². The fourth-order valence-electron chi connectivity index (χ4n) is 2.80. The lowest BCUT2D eigenvalue weighted by molar-refractivity contribution is -0.121. The summed E-state index contributed by atoms with van der Waals surface area (Å²) in [6.07, 6.45) is 0.761. The summed E-state index contributed by atoms with van der Waals surface area (Å²) in [7, 11) is 0. The maximum absolute atomic E-state index is 12.5. The van der Waals surface area contributed by atoms with Crippen molar-refractivity contribution in [3.8, 4) is 11.5 Å². The van der Waals surface area contributed by atoms with Crippen molar-refractivity contribution in [2.24, 2.45) is 0 Å². The van der Waals surface area contributed by atoms with Crippen LogP contribution in [0.25, 0.3) is 0 Å². The standard InChI is InChI=1S/C17H23N3O5/c1-2-23-9-3-6-18-16(21)11-19-7-8-20(17(19)22)13-4-5-14-15(10-13)25-12-24-14/h4-5,10H,2-3,6-9,11-12H2,1H3,(H,18,21). The Kier molecular flexibility index (Phi) is 5.60. The van der Waals surface area contributed by atoms with E-state index in [9.17, 15) is 9.59 Å². The summed E-state index contributed by atoms with van der Waals surface area (Å²) < 4.78 is 15.8. The predicted molar refractivity (Wildman–Crippen MR) is 91.0 cm³/mol. The second-order valence-electron chi connectivity index (χ2n) is 5.79. The zero-order chi connectivity index (χ0) is 17.6. The van der Waals surface area contributed by atoms with Gasteiger partial charge in [0.15, 0.2) is 11.5 Å². The van der Waals surface area contributed by atoms with E-state index in [1.165, 1.54) is 0 Å². The lowest BCUT2D eigenvalue weighted by Gasteiger charge is -2.18. The number of nitrogens with one attached hydrogen (secondary N) is 1. The quantitative estimate of drug-likeness (QED) is 0.714. The molecule has 136 valence electrons. The van der Waals surface area contributed by atoms with Crippen molar-refractivity contribution in [2.75, 3.05) is 51.1 Å². The first kappa shape index (κ1) is 17.3. The summed E-state index contributed by atoms with van der Waals surface area (Å²) in [4.78, 5) is 27.7. The van der Waals surface area contributed by atoms with Gasteiger partial charge in [0.05, 0.1) is 0 Å². The van der Waals surface area contributed by atoms with Gasteiger partial charge in [-0.05, 0) is 25.5 Å². The second-order valence-corrected chi connectivity index (χ2v) is 5.79. The van der Waals surface area contributed by atoms with Crippen LogP contribution in [0.15, 0.2) is 18.2 Å². The monoisotopic (exact) mass is 349 g/mol. The number of amides is 3. The average molecular weight is 349 g/mol. The van der Waals surface area contributed by atoms with E-state index >= 15 is 0 Å². The lowest BCUT2D eigenvalue weighted by atomic mass is 10.2. The Hall–Kier alpha value is -2.48. The molecule has 0 saturated carbocycles. The molecule has 0 aliphatic carbocycles. The molecule has 1 N–H and O–H groups in total. The molecule has 0 aromatic heterocycles. The van der Waals surface area contributed by atoms with E-state index in [1.54, 1.807) is 21.9 Å². The normalized spacial score (nSPS) is 15.8. The maximum Gasteiger partial charge on any atom is 0.325 e. The summed E-state index contributed by atoms with van der Waals surface area (Å²) in [6.45, 7) is 5.09. The fraction of sp³-hybridized carbons (Fsp3) is 0.529. The van der Waals surface area contributed by atoms with Crippen LogP contribution in [0.2, 0.25) is 0 Å². The van der Waals surface area contributed by atoms with Gasteiger partial charge in [0.1, 0.15) is 6.54 Å². The molecular formula is C17H23N3O5. The maximum atomic E-state index is 12.5. The first-order valence-corrected chi connectivity index (χ1v) is 8.49. The highest BCUT2D eigenvalue weighted by atomic mass is 16.7. The molecule has 2 heterocycles. The number of fused-ring (bicyclic) bond motifs is 1. The molecule has 1 aromatic rings. The number of hydrogen-bond acceptors (Lipinski definition) is 5. The van der Waals surface area contributed by atoms with Crippen molar-refractivity contribution in [2.45, 2.75) is 13.3 Å². The number of carbonyl (C=O) groups excluding carboxylic acids is 2. The molecule has 3 rings (SSSR count). The summed E-state index contributed by atoms with van der Waals surface area (Å²) in [5, 5.41) is 2.81. The molecule has 1 fully saturated rings. The molecule has 0 radical (unpaired) electrons. The average Bonchev–Trinajstić information content (AvgIpc) is 3.21. The molecule has 1 saturated heterocycles. The zero-order valence-corrected chi connectivity index (χ0v) is 14.3. The Bertz CT molecular complexity index is 637. The largest absolute Gasteiger partial charge is 0.454 e. The van der Waals surface area contributed by atoms with Crippen LogP contribution in [0.3, 0.4) is 0 Å². The second kappa shape index (κ2) is 8.06. The van der Waals surface area contributed by atoms with Crippen molar-refractivity contribution < 1.29 is 23.8 Å². The minimum Gasteiger partial charge on any atom is -0.454 e. The fourth-order valence-corrected chi connectivity index (χ4v) is 2.80. The topological polar surface area (TPSA) is 80.3 Å². The molecule has 2 aliphatic rings. The van der Waals surface area contributed by atoms with E-state index < -0.39 is 0 Å². The van der Waals surface area contributed by atoms with E-state index in [0.29, 0.717) is 44.3 Å². The van der Waals surface area contributed by atoms with Gasteiger partial charge >= 0.3 is 6.03 Å². The van der Waals surface area contributed by atoms with Gasteiger partial charge in [-0.25, -0.2) is 4.79 Å². The Morgan fingerprint density at radius 1 is 1.28 bits per heavy atom. The van der Waals surface area contributed by atoms with Gasteiger partial charge in [-0.3, -0.25) is 9.69 Å². The van der Waals surface area contributed by atoms with Gasteiger partial charge < -0.3 is 24.4 Å². The van der Waals surface area contributed by atoms with Gasteiger partial charge in [0, 0.05) is 44.6 Å². The molecule has 0 unspecified atom stereocenters. The molecule has 0 bridgehead atoms. The number of urea groups is 1. The van der Waals surface area contributed by atoms with Crippen molar-refractivity contribution in [1.29, 1.82) is 0 Å². The van der Waals surface area contributed by atoms with Gasteiger partial charge in [0.2, 0.25) is 12.7 Å². The van der Waals surface area contributed by atoms with Crippen LogP contribution in [-0.4, -0.2) is 63.0 Å². The molecule has 0 atom stereocenters. The molecule has 8 heteroatoms. The third-order valence-electron chi connectivity index (χ3n) is 4.09. The Morgan fingerprint density at radius 3 is 2.96 bits per heavy atom. The number of ether oxygens (including phenoxy) is 3. The number of anilines is 1. The minimum absolute atomic E-state index is 0.0640. The molecule has 2 aliphatic heterocycles. The third-order valence-corrected chi connectivity index (χ3v) is 4.09. The molecule has 0 spiro atoms. The molecule has 8 nitrogen and oxygen atoms in total. The van der Waals surface area contributed by atoms with E-state index in [0.717, 1.165) is 12.1 Å². The molecule has 3 amide bonds. The number of nitrogens with zero attached hydrogens (tertiary/aromatic N) is 2. The van der Waals surface area contributed by atoms with Gasteiger partial charge in [-0.1, -0.05) is 0 Å².